The van der Waals surface area contributed by atoms with Crippen molar-refractivity contribution in [2.24, 2.45) is 0 Å². The molecule has 1 saturated heterocycles. The lowest BCUT2D eigenvalue weighted by Crippen LogP contribution is -2.29. The molecule has 1 heterocycles. The third-order valence-corrected chi connectivity index (χ3v) is 6.88. The Morgan fingerprint density at radius 1 is 0.946 bits per heavy atom. The Labute approximate surface area is 222 Å². The van der Waals surface area contributed by atoms with Gasteiger partial charge in [-0.3, -0.25) is 9.59 Å². The topological polar surface area (TPSA) is 76.1 Å². The van der Waals surface area contributed by atoms with Gasteiger partial charge in [0.2, 0.25) is 0 Å². The van der Waals surface area contributed by atoms with E-state index >= 15 is 0 Å². The van der Waals surface area contributed by atoms with E-state index in [-0.39, 0.29) is 23.3 Å². The molecule has 0 radical (unpaired) electrons. The summed E-state index contributed by atoms with van der Waals surface area (Å²) in [6.07, 6.45) is 0. The van der Waals surface area contributed by atoms with Crippen molar-refractivity contribution in [3.8, 4) is 11.5 Å². The molecule has 3 aromatic carbocycles. The lowest BCUT2D eigenvalue weighted by atomic mass is 9.85. The summed E-state index contributed by atoms with van der Waals surface area (Å²) >= 11 is 6.16. The van der Waals surface area contributed by atoms with Crippen LogP contribution in [0, 0.1) is 0 Å². The van der Waals surface area contributed by atoms with Crippen LogP contribution in [0.2, 0.25) is 5.02 Å². The molecular formula is C30H30ClNO5. The van der Waals surface area contributed by atoms with Gasteiger partial charge in [-0.25, -0.2) is 0 Å². The number of nitrogens with zero attached hydrogens (tertiary/aromatic N) is 1. The smallest absolute Gasteiger partial charge is 0.295 e. The number of hydrogen-bond acceptors (Lipinski definition) is 5. The predicted octanol–water partition coefficient (Wildman–Crippen LogP) is 6.28. The summed E-state index contributed by atoms with van der Waals surface area (Å²) in [4.78, 5) is 28.2. The van der Waals surface area contributed by atoms with Crippen LogP contribution in [0.1, 0.15) is 49.1 Å². The number of carbonyl (C=O) groups is 2. The van der Waals surface area contributed by atoms with E-state index in [1.165, 1.54) is 12.0 Å². The quantitative estimate of drug-likeness (QED) is 0.236. The number of hydrogen-bond donors (Lipinski definition) is 1. The number of amides is 1. The van der Waals surface area contributed by atoms with Gasteiger partial charge in [0.25, 0.3) is 11.7 Å². The predicted molar refractivity (Wildman–Crippen MR) is 144 cm³/mol. The monoisotopic (exact) mass is 519 g/mol. The zero-order valence-electron chi connectivity index (χ0n) is 21.5. The Balaban J connectivity index is 1.85. The van der Waals surface area contributed by atoms with Crippen LogP contribution in [0.5, 0.6) is 11.5 Å². The summed E-state index contributed by atoms with van der Waals surface area (Å²) in [6, 6.07) is 19.1. The van der Waals surface area contributed by atoms with Gasteiger partial charge in [0.15, 0.2) is 0 Å². The van der Waals surface area contributed by atoms with Crippen LogP contribution in [-0.2, 0) is 21.5 Å². The molecule has 0 aliphatic carbocycles. The highest BCUT2D eigenvalue weighted by atomic mass is 35.5. The van der Waals surface area contributed by atoms with Gasteiger partial charge in [0, 0.05) is 12.1 Å². The molecule has 0 bridgehead atoms. The molecule has 4 rings (SSSR count). The number of likely N-dealkylation sites (tertiary alicyclic amines) is 1. The van der Waals surface area contributed by atoms with Crippen LogP contribution in [0.4, 0.5) is 0 Å². The summed E-state index contributed by atoms with van der Waals surface area (Å²) in [5.74, 6) is -0.662. The minimum Gasteiger partial charge on any atom is -0.507 e. The largest absolute Gasteiger partial charge is 0.507 e. The summed E-state index contributed by atoms with van der Waals surface area (Å²) in [6.45, 7) is 6.53. The number of carbonyl (C=O) groups excluding carboxylic acids is 2. The fraction of sp³-hybridized carbons (Fsp3) is 0.267. The minimum absolute atomic E-state index is 0.0198. The Bertz CT molecular complexity index is 1350. The molecule has 0 aromatic heterocycles. The summed E-state index contributed by atoms with van der Waals surface area (Å²) < 4.78 is 10.5. The lowest BCUT2D eigenvalue weighted by molar-refractivity contribution is -0.140. The maximum absolute atomic E-state index is 13.4. The van der Waals surface area contributed by atoms with Crippen molar-refractivity contribution in [1.82, 2.24) is 4.90 Å². The zero-order valence-corrected chi connectivity index (χ0v) is 22.3. The van der Waals surface area contributed by atoms with E-state index in [9.17, 15) is 14.7 Å². The third-order valence-electron chi connectivity index (χ3n) is 6.57. The third kappa shape index (κ3) is 5.20. The molecule has 1 unspecified atom stereocenters. The first kappa shape index (κ1) is 26.3. The second kappa shape index (κ2) is 10.3. The van der Waals surface area contributed by atoms with E-state index in [0.29, 0.717) is 22.1 Å². The van der Waals surface area contributed by atoms with E-state index in [4.69, 9.17) is 21.1 Å². The molecule has 7 heteroatoms. The molecule has 0 spiro atoms. The van der Waals surface area contributed by atoms with Gasteiger partial charge < -0.3 is 19.5 Å². The van der Waals surface area contributed by atoms with E-state index < -0.39 is 17.7 Å². The number of halogens is 1. The molecule has 6 nitrogen and oxygen atoms in total. The van der Waals surface area contributed by atoms with Gasteiger partial charge in [-0.15, -0.1) is 0 Å². The van der Waals surface area contributed by atoms with E-state index in [1.54, 1.807) is 37.4 Å². The maximum atomic E-state index is 13.4. The van der Waals surface area contributed by atoms with Gasteiger partial charge in [-0.2, -0.15) is 0 Å². The van der Waals surface area contributed by atoms with Crippen molar-refractivity contribution in [1.29, 1.82) is 0 Å². The molecule has 1 N–H and O–H groups in total. The zero-order chi connectivity index (χ0) is 26.9. The van der Waals surface area contributed by atoms with Crippen LogP contribution in [0.3, 0.4) is 0 Å². The van der Waals surface area contributed by atoms with E-state index in [0.717, 1.165) is 16.7 Å². The average molecular weight is 520 g/mol. The number of aliphatic hydroxyl groups is 1. The number of aliphatic hydroxyl groups excluding tert-OH is 1. The molecule has 1 aliphatic heterocycles. The molecule has 1 fully saturated rings. The van der Waals surface area contributed by atoms with Crippen molar-refractivity contribution in [3.05, 3.63) is 99.6 Å². The first-order chi connectivity index (χ1) is 17.5. The SMILES string of the molecule is COc1ccc(CN2C(=O)C(=O)/C(=C(\O)c3ccc(Cl)c(OC)c3)C2c2ccc(C(C)(C)C)cc2)cc1. The number of methoxy groups -OCH3 is 2. The average Bonchev–Trinajstić information content (AvgIpc) is 3.13. The fourth-order valence-electron chi connectivity index (χ4n) is 4.45. The van der Waals surface area contributed by atoms with Crippen molar-refractivity contribution >= 4 is 29.1 Å². The highest BCUT2D eigenvalue weighted by Gasteiger charge is 2.46. The first-order valence-corrected chi connectivity index (χ1v) is 12.3. The first-order valence-electron chi connectivity index (χ1n) is 11.9. The van der Waals surface area contributed by atoms with E-state index in [2.05, 4.69) is 20.8 Å². The van der Waals surface area contributed by atoms with Crippen LogP contribution < -0.4 is 9.47 Å². The number of Topliss-reactive ketones (excluding diaryl/α,β-unsaturated/α-hetero) is 1. The molecule has 37 heavy (non-hydrogen) atoms. The summed E-state index contributed by atoms with van der Waals surface area (Å²) in [7, 11) is 3.05. The van der Waals surface area contributed by atoms with Crippen molar-refractivity contribution in [2.75, 3.05) is 14.2 Å². The minimum atomic E-state index is -0.780. The number of ketones is 1. The maximum Gasteiger partial charge on any atom is 0.295 e. The van der Waals surface area contributed by atoms with Gasteiger partial charge in [-0.1, -0.05) is 68.8 Å². The van der Waals surface area contributed by atoms with Gasteiger partial charge in [0.1, 0.15) is 17.3 Å². The van der Waals surface area contributed by atoms with Crippen molar-refractivity contribution in [3.63, 3.8) is 0 Å². The van der Waals surface area contributed by atoms with Gasteiger partial charge >= 0.3 is 0 Å². The normalized spacial score (nSPS) is 17.2. The van der Waals surface area contributed by atoms with Gasteiger partial charge in [0.05, 0.1) is 30.9 Å². The molecule has 1 atom stereocenters. The number of ether oxygens (including phenoxy) is 2. The molecule has 1 aliphatic rings. The van der Waals surface area contributed by atoms with Crippen molar-refractivity contribution < 1.29 is 24.2 Å². The molecule has 1 amide bonds. The standard InChI is InChI=1S/C30H30ClNO5/c1-30(2,3)21-11-8-19(9-12-21)26-25(27(33)20-10-15-23(31)24(16-20)37-5)28(34)29(35)32(26)17-18-6-13-22(36-4)14-7-18/h6-16,26,33H,17H2,1-5H3/b27-25-. The highest BCUT2D eigenvalue weighted by molar-refractivity contribution is 6.46. The van der Waals surface area contributed by atoms with Gasteiger partial charge in [-0.05, 0) is 52.4 Å². The molecule has 0 saturated carbocycles. The summed E-state index contributed by atoms with van der Waals surface area (Å²) in [5, 5.41) is 11.7. The van der Waals surface area contributed by atoms with Crippen LogP contribution in [-0.4, -0.2) is 35.9 Å². The van der Waals surface area contributed by atoms with Crippen LogP contribution >= 0.6 is 11.6 Å². The lowest BCUT2D eigenvalue weighted by Gasteiger charge is -2.26. The highest BCUT2D eigenvalue weighted by Crippen LogP contribution is 2.41. The number of benzene rings is 3. The van der Waals surface area contributed by atoms with Crippen LogP contribution in [0.15, 0.2) is 72.3 Å². The number of rotatable bonds is 6. The Hall–Kier alpha value is -3.77. The van der Waals surface area contributed by atoms with Crippen molar-refractivity contribution in [2.45, 2.75) is 38.8 Å². The molecule has 192 valence electrons. The Morgan fingerprint density at radius 3 is 2.16 bits per heavy atom. The molecule has 3 aromatic rings. The van der Waals surface area contributed by atoms with Crippen LogP contribution in [0.25, 0.3) is 5.76 Å². The molecular weight excluding hydrogens is 490 g/mol. The second-order valence-corrected chi connectivity index (χ2v) is 10.4. The fourth-order valence-corrected chi connectivity index (χ4v) is 4.64. The van der Waals surface area contributed by atoms with E-state index in [1.807, 2.05) is 36.4 Å². The second-order valence-electron chi connectivity index (χ2n) is 10.00. The Morgan fingerprint density at radius 2 is 1.59 bits per heavy atom. The Kier molecular flexibility index (Phi) is 7.32. The summed E-state index contributed by atoms with van der Waals surface area (Å²) in [5.41, 5.74) is 2.95.